The Bertz CT molecular complexity index is 520. The Morgan fingerprint density at radius 2 is 2.12 bits per heavy atom. The third kappa shape index (κ3) is 6.46. The van der Waals surface area contributed by atoms with Crippen LogP contribution in [0.15, 0.2) is 47.1 Å². The molecular formula is C21H32O4. The van der Waals surface area contributed by atoms with E-state index in [1.54, 1.807) is 12.3 Å². The molecule has 0 spiro atoms. The average molecular weight is 348 g/mol. The third-order valence-corrected chi connectivity index (χ3v) is 5.04. The number of allylic oxidation sites excluding steroid dienone is 2. The molecule has 0 unspecified atom stereocenters. The lowest BCUT2D eigenvalue weighted by Crippen LogP contribution is -2.20. The van der Waals surface area contributed by atoms with Gasteiger partial charge in [0.1, 0.15) is 5.76 Å². The van der Waals surface area contributed by atoms with Crippen LogP contribution in [-0.2, 0) is 6.42 Å². The highest BCUT2D eigenvalue weighted by molar-refractivity contribution is 5.07. The molecule has 25 heavy (non-hydrogen) atoms. The zero-order valence-electron chi connectivity index (χ0n) is 15.1. The molecule has 1 aliphatic rings. The minimum atomic E-state index is -0.573. The van der Waals surface area contributed by atoms with Crippen LogP contribution < -0.4 is 0 Å². The summed E-state index contributed by atoms with van der Waals surface area (Å²) in [7, 11) is 0. The molecule has 4 nitrogen and oxygen atoms in total. The predicted molar refractivity (Wildman–Crippen MR) is 99.1 cm³/mol. The van der Waals surface area contributed by atoms with Gasteiger partial charge in [0.25, 0.3) is 0 Å². The van der Waals surface area contributed by atoms with Gasteiger partial charge >= 0.3 is 0 Å². The summed E-state index contributed by atoms with van der Waals surface area (Å²) in [6.07, 6.45) is 13.8. The van der Waals surface area contributed by atoms with Gasteiger partial charge in [-0.3, -0.25) is 0 Å². The van der Waals surface area contributed by atoms with Crippen molar-refractivity contribution in [2.45, 2.75) is 70.2 Å². The summed E-state index contributed by atoms with van der Waals surface area (Å²) in [5.74, 6) is 0.768. The van der Waals surface area contributed by atoms with E-state index < -0.39 is 18.3 Å². The van der Waals surface area contributed by atoms with Crippen LogP contribution in [0, 0.1) is 11.8 Å². The van der Waals surface area contributed by atoms with Crippen molar-refractivity contribution >= 4 is 0 Å². The van der Waals surface area contributed by atoms with Crippen molar-refractivity contribution in [3.05, 3.63) is 48.5 Å². The number of aliphatic hydroxyl groups is 3. The second-order valence-electron chi connectivity index (χ2n) is 7.03. The quantitative estimate of drug-likeness (QED) is 0.446. The Morgan fingerprint density at radius 3 is 2.84 bits per heavy atom. The number of unbranched alkanes of at least 4 members (excludes halogenated alkanes) is 2. The molecule has 0 aromatic carbocycles. The number of rotatable bonds is 10. The standard InChI is InChI=1S/C21H32O4/c1-2-3-4-5-6-9-18-19(21(24)15-20(18)23)13-11-16(22)10-12-17-8-7-14-25-17/h5-8,11,13-14,16,18-24H,2-4,9-10,12,15H2,1H3/b6-5-,13-11+/t16-,18+,19+,20-,21+/m0/s1. The number of aryl methyl sites for hydroxylation is 1. The summed E-state index contributed by atoms with van der Waals surface area (Å²) in [6.45, 7) is 2.17. The van der Waals surface area contributed by atoms with E-state index in [1.807, 2.05) is 18.2 Å². The lowest BCUT2D eigenvalue weighted by Gasteiger charge is -2.19. The fourth-order valence-corrected chi connectivity index (χ4v) is 3.50. The van der Waals surface area contributed by atoms with Crippen LogP contribution in [0.3, 0.4) is 0 Å². The first-order valence-electron chi connectivity index (χ1n) is 9.51. The monoisotopic (exact) mass is 348 g/mol. The van der Waals surface area contributed by atoms with Gasteiger partial charge in [-0.1, -0.05) is 44.1 Å². The lowest BCUT2D eigenvalue weighted by molar-refractivity contribution is 0.120. The first kappa shape index (κ1) is 20.0. The Hall–Kier alpha value is -1.36. The molecule has 1 saturated carbocycles. The van der Waals surface area contributed by atoms with Gasteiger partial charge < -0.3 is 19.7 Å². The fourth-order valence-electron chi connectivity index (χ4n) is 3.50. The van der Waals surface area contributed by atoms with Crippen molar-refractivity contribution in [3.8, 4) is 0 Å². The zero-order valence-corrected chi connectivity index (χ0v) is 15.1. The van der Waals surface area contributed by atoms with Crippen molar-refractivity contribution in [2.75, 3.05) is 0 Å². The van der Waals surface area contributed by atoms with Crippen LogP contribution in [0.25, 0.3) is 0 Å². The summed E-state index contributed by atoms with van der Waals surface area (Å²) in [5, 5.41) is 30.6. The van der Waals surface area contributed by atoms with E-state index in [-0.39, 0.29) is 11.8 Å². The summed E-state index contributed by atoms with van der Waals surface area (Å²) in [4.78, 5) is 0. The van der Waals surface area contributed by atoms with E-state index >= 15 is 0 Å². The van der Waals surface area contributed by atoms with Crippen molar-refractivity contribution in [2.24, 2.45) is 11.8 Å². The van der Waals surface area contributed by atoms with E-state index in [0.717, 1.165) is 18.6 Å². The first-order chi connectivity index (χ1) is 12.1. The van der Waals surface area contributed by atoms with Gasteiger partial charge in [-0.15, -0.1) is 0 Å². The maximum atomic E-state index is 10.2. The van der Waals surface area contributed by atoms with Gasteiger partial charge in [0.15, 0.2) is 0 Å². The SMILES string of the molecule is CCCC/C=C\C[C@@H]1[C@@H](/C=C/[C@@H](O)CCc2ccco2)[C@H](O)C[C@@H]1O. The van der Waals surface area contributed by atoms with Crippen LogP contribution in [0.5, 0.6) is 0 Å². The minimum absolute atomic E-state index is 0.0152. The Kier molecular flexibility index (Phi) is 8.45. The maximum absolute atomic E-state index is 10.2. The molecule has 0 saturated heterocycles. The highest BCUT2D eigenvalue weighted by Crippen LogP contribution is 2.36. The number of aliphatic hydroxyl groups excluding tert-OH is 3. The van der Waals surface area contributed by atoms with E-state index in [0.29, 0.717) is 19.3 Å². The lowest BCUT2D eigenvalue weighted by atomic mass is 9.89. The summed E-state index contributed by atoms with van der Waals surface area (Å²) in [6, 6.07) is 3.74. The topological polar surface area (TPSA) is 73.8 Å². The molecule has 1 fully saturated rings. The Balaban J connectivity index is 1.84. The van der Waals surface area contributed by atoms with E-state index in [4.69, 9.17) is 4.42 Å². The van der Waals surface area contributed by atoms with Crippen LogP contribution in [-0.4, -0.2) is 33.6 Å². The van der Waals surface area contributed by atoms with E-state index in [9.17, 15) is 15.3 Å². The summed E-state index contributed by atoms with van der Waals surface area (Å²) >= 11 is 0. The van der Waals surface area contributed by atoms with Gasteiger partial charge in [-0.25, -0.2) is 0 Å². The molecule has 140 valence electrons. The Labute approximate surface area is 150 Å². The predicted octanol–water partition coefficient (Wildman–Crippen LogP) is 3.62. The van der Waals surface area contributed by atoms with Crippen LogP contribution in [0.2, 0.25) is 0 Å². The van der Waals surface area contributed by atoms with Crippen LogP contribution >= 0.6 is 0 Å². The third-order valence-electron chi connectivity index (χ3n) is 5.04. The van der Waals surface area contributed by atoms with E-state index in [1.165, 1.54) is 12.8 Å². The van der Waals surface area contributed by atoms with Crippen LogP contribution in [0.1, 0.15) is 51.2 Å². The van der Waals surface area contributed by atoms with Gasteiger partial charge in [0.05, 0.1) is 24.6 Å². The van der Waals surface area contributed by atoms with Gasteiger partial charge in [-0.2, -0.15) is 0 Å². The minimum Gasteiger partial charge on any atom is -0.469 e. The second kappa shape index (κ2) is 10.6. The van der Waals surface area contributed by atoms with E-state index in [2.05, 4.69) is 19.1 Å². The number of hydrogen-bond donors (Lipinski definition) is 3. The normalized spacial score (nSPS) is 28.3. The number of hydrogen-bond acceptors (Lipinski definition) is 4. The fraction of sp³-hybridized carbons (Fsp3) is 0.619. The summed E-state index contributed by atoms with van der Waals surface area (Å²) in [5.41, 5.74) is 0. The molecule has 5 atom stereocenters. The largest absolute Gasteiger partial charge is 0.469 e. The van der Waals surface area contributed by atoms with Gasteiger partial charge in [0.2, 0.25) is 0 Å². The van der Waals surface area contributed by atoms with Crippen LogP contribution in [0.4, 0.5) is 0 Å². The van der Waals surface area contributed by atoms with Gasteiger partial charge in [-0.05, 0) is 37.3 Å². The Morgan fingerprint density at radius 1 is 1.28 bits per heavy atom. The molecular weight excluding hydrogens is 316 g/mol. The average Bonchev–Trinajstić information content (AvgIpc) is 3.19. The molecule has 3 N–H and O–H groups in total. The summed E-state index contributed by atoms with van der Waals surface area (Å²) < 4.78 is 5.27. The molecule has 4 heteroatoms. The second-order valence-corrected chi connectivity index (χ2v) is 7.03. The molecule has 0 aliphatic heterocycles. The van der Waals surface area contributed by atoms with Gasteiger partial charge in [0, 0.05) is 18.8 Å². The molecule has 2 rings (SSSR count). The van der Waals surface area contributed by atoms with Crippen molar-refractivity contribution in [3.63, 3.8) is 0 Å². The molecule has 1 aliphatic carbocycles. The number of furan rings is 1. The zero-order chi connectivity index (χ0) is 18.1. The van der Waals surface area contributed by atoms with Crippen molar-refractivity contribution in [1.29, 1.82) is 0 Å². The molecule has 1 heterocycles. The first-order valence-corrected chi connectivity index (χ1v) is 9.51. The highest BCUT2D eigenvalue weighted by atomic mass is 16.3. The molecule has 0 radical (unpaired) electrons. The smallest absolute Gasteiger partial charge is 0.103 e. The molecule has 0 bridgehead atoms. The molecule has 1 aromatic heterocycles. The maximum Gasteiger partial charge on any atom is 0.103 e. The highest BCUT2D eigenvalue weighted by Gasteiger charge is 2.39. The molecule has 1 aromatic rings. The molecule has 0 amide bonds. The van der Waals surface area contributed by atoms with Crippen molar-refractivity contribution in [1.82, 2.24) is 0 Å². The van der Waals surface area contributed by atoms with Crippen molar-refractivity contribution < 1.29 is 19.7 Å².